The average Bonchev–Trinajstić information content (AvgIpc) is 2.01. The van der Waals surface area contributed by atoms with Crippen LogP contribution < -0.4 is 5.32 Å². The van der Waals surface area contributed by atoms with Gasteiger partial charge in [0.05, 0.1) is 6.61 Å². The Kier molecular flexibility index (Phi) is 7.45. The van der Waals surface area contributed by atoms with Crippen molar-refractivity contribution in [2.75, 3.05) is 19.7 Å². The molecule has 2 N–H and O–H groups in total. The summed E-state index contributed by atoms with van der Waals surface area (Å²) in [6, 6.07) is 1.18. The standard InChI is InChI=1S/C10H25NO2Si/c1-10(2)13-14(3,4)9-5-6-11-7-8-12/h10-12H,5-9H2,1-4H3. The highest BCUT2D eigenvalue weighted by atomic mass is 28.4. The van der Waals surface area contributed by atoms with Gasteiger partial charge in [-0.25, -0.2) is 0 Å². The van der Waals surface area contributed by atoms with Crippen LogP contribution in [0.25, 0.3) is 0 Å². The minimum Gasteiger partial charge on any atom is -0.415 e. The molecule has 0 radical (unpaired) electrons. The second-order valence-corrected chi connectivity index (χ2v) is 8.76. The van der Waals surface area contributed by atoms with Gasteiger partial charge in [0.15, 0.2) is 8.32 Å². The molecule has 0 aliphatic rings. The van der Waals surface area contributed by atoms with Gasteiger partial charge in [0.2, 0.25) is 0 Å². The zero-order valence-corrected chi connectivity index (χ0v) is 11.0. The fourth-order valence-electron chi connectivity index (χ4n) is 1.54. The maximum atomic E-state index is 8.57. The quantitative estimate of drug-likeness (QED) is 0.481. The molecule has 0 fully saturated rings. The van der Waals surface area contributed by atoms with Crippen LogP contribution in [0.3, 0.4) is 0 Å². The molecule has 0 unspecified atom stereocenters. The van der Waals surface area contributed by atoms with Gasteiger partial charge in [-0.1, -0.05) is 0 Å². The minimum atomic E-state index is -1.43. The Morgan fingerprint density at radius 3 is 2.43 bits per heavy atom. The lowest BCUT2D eigenvalue weighted by molar-refractivity contribution is 0.230. The molecule has 0 aliphatic carbocycles. The van der Waals surface area contributed by atoms with Gasteiger partial charge in [-0.05, 0) is 46.0 Å². The second-order valence-electron chi connectivity index (χ2n) is 4.50. The van der Waals surface area contributed by atoms with Crippen LogP contribution in [0.5, 0.6) is 0 Å². The van der Waals surface area contributed by atoms with Gasteiger partial charge in [0, 0.05) is 12.6 Å². The summed E-state index contributed by atoms with van der Waals surface area (Å²) in [5.41, 5.74) is 0. The van der Waals surface area contributed by atoms with Gasteiger partial charge in [0.25, 0.3) is 0 Å². The highest BCUT2D eigenvalue weighted by Gasteiger charge is 2.22. The van der Waals surface area contributed by atoms with Crippen molar-refractivity contribution in [2.24, 2.45) is 0 Å². The Labute approximate surface area is 89.0 Å². The summed E-state index contributed by atoms with van der Waals surface area (Å²) in [5.74, 6) is 0. The summed E-state index contributed by atoms with van der Waals surface area (Å²) in [4.78, 5) is 0. The minimum absolute atomic E-state index is 0.226. The molecule has 86 valence electrons. The first-order valence-electron chi connectivity index (χ1n) is 5.47. The fourth-order valence-corrected chi connectivity index (χ4v) is 3.96. The molecule has 0 aromatic heterocycles. The van der Waals surface area contributed by atoms with Crippen LogP contribution in [-0.2, 0) is 4.43 Å². The maximum Gasteiger partial charge on any atom is 0.187 e. The van der Waals surface area contributed by atoms with Crippen molar-refractivity contribution < 1.29 is 9.53 Å². The molecule has 0 saturated heterocycles. The fraction of sp³-hybridized carbons (Fsp3) is 1.00. The van der Waals surface area contributed by atoms with Crippen LogP contribution >= 0.6 is 0 Å². The van der Waals surface area contributed by atoms with Crippen LogP contribution in [0.2, 0.25) is 19.1 Å². The van der Waals surface area contributed by atoms with Crippen molar-refractivity contribution in [3.8, 4) is 0 Å². The van der Waals surface area contributed by atoms with Gasteiger partial charge in [-0.2, -0.15) is 0 Å². The van der Waals surface area contributed by atoms with Crippen molar-refractivity contribution in [2.45, 2.75) is 45.5 Å². The van der Waals surface area contributed by atoms with Gasteiger partial charge in [-0.3, -0.25) is 0 Å². The van der Waals surface area contributed by atoms with Gasteiger partial charge < -0.3 is 14.8 Å². The second kappa shape index (κ2) is 7.40. The number of aliphatic hydroxyl groups is 1. The van der Waals surface area contributed by atoms with E-state index in [2.05, 4.69) is 32.3 Å². The lowest BCUT2D eigenvalue weighted by atomic mass is 10.5. The summed E-state index contributed by atoms with van der Waals surface area (Å²) in [7, 11) is -1.43. The predicted octanol–water partition coefficient (Wildman–Crippen LogP) is 1.59. The number of rotatable bonds is 8. The summed E-state index contributed by atoms with van der Waals surface area (Å²) >= 11 is 0. The molecule has 4 heteroatoms. The van der Waals surface area contributed by atoms with E-state index in [4.69, 9.17) is 9.53 Å². The van der Waals surface area contributed by atoms with E-state index in [9.17, 15) is 0 Å². The molecule has 14 heavy (non-hydrogen) atoms. The lowest BCUT2D eigenvalue weighted by Gasteiger charge is -2.25. The molecule has 3 nitrogen and oxygen atoms in total. The predicted molar refractivity (Wildman–Crippen MR) is 63.1 cm³/mol. The molecule has 0 atom stereocenters. The van der Waals surface area contributed by atoms with E-state index in [0.717, 1.165) is 13.0 Å². The average molecular weight is 219 g/mol. The van der Waals surface area contributed by atoms with E-state index in [1.54, 1.807) is 0 Å². The first-order chi connectivity index (χ1) is 6.48. The molecule has 0 amide bonds. The van der Waals surface area contributed by atoms with Crippen molar-refractivity contribution in [3.63, 3.8) is 0 Å². The molecular weight excluding hydrogens is 194 g/mol. The van der Waals surface area contributed by atoms with Crippen LogP contribution in [0, 0.1) is 0 Å². The lowest BCUT2D eigenvalue weighted by Crippen LogP contribution is -2.34. The summed E-state index contributed by atoms with van der Waals surface area (Å²) in [6.07, 6.45) is 1.49. The van der Waals surface area contributed by atoms with Crippen molar-refractivity contribution in [1.82, 2.24) is 5.32 Å². The molecule has 0 saturated carbocycles. The Balaban J connectivity index is 3.45. The third kappa shape index (κ3) is 8.68. The smallest absolute Gasteiger partial charge is 0.187 e. The zero-order valence-electron chi connectivity index (χ0n) is 9.97. The zero-order chi connectivity index (χ0) is 11.0. The molecule has 0 aliphatic heterocycles. The van der Waals surface area contributed by atoms with Crippen LogP contribution in [0.1, 0.15) is 20.3 Å². The van der Waals surface area contributed by atoms with E-state index in [0.29, 0.717) is 12.6 Å². The first-order valence-corrected chi connectivity index (χ1v) is 8.59. The third-order valence-corrected chi connectivity index (χ3v) is 4.64. The normalized spacial score (nSPS) is 12.4. The van der Waals surface area contributed by atoms with E-state index >= 15 is 0 Å². The Morgan fingerprint density at radius 2 is 1.93 bits per heavy atom. The SMILES string of the molecule is CC(C)O[Si](C)(C)CCCNCCO. The number of aliphatic hydroxyl groups excluding tert-OH is 1. The van der Waals surface area contributed by atoms with E-state index in [1.807, 2.05) is 0 Å². The molecule has 0 aromatic carbocycles. The Bertz CT molecular complexity index is 140. The highest BCUT2D eigenvalue weighted by Crippen LogP contribution is 2.15. The van der Waals surface area contributed by atoms with Crippen LogP contribution in [-0.4, -0.2) is 39.2 Å². The molecule has 0 aromatic rings. The molecular formula is C10H25NO2Si. The van der Waals surface area contributed by atoms with Crippen molar-refractivity contribution in [1.29, 1.82) is 0 Å². The Morgan fingerprint density at radius 1 is 1.29 bits per heavy atom. The maximum absolute atomic E-state index is 8.57. The summed E-state index contributed by atoms with van der Waals surface area (Å²) in [5, 5.41) is 11.7. The van der Waals surface area contributed by atoms with E-state index in [-0.39, 0.29) is 6.61 Å². The largest absolute Gasteiger partial charge is 0.415 e. The molecule has 0 bridgehead atoms. The topological polar surface area (TPSA) is 41.5 Å². The van der Waals surface area contributed by atoms with Gasteiger partial charge in [0.1, 0.15) is 0 Å². The monoisotopic (exact) mass is 219 g/mol. The summed E-state index contributed by atoms with van der Waals surface area (Å²) < 4.78 is 5.91. The van der Waals surface area contributed by atoms with Gasteiger partial charge >= 0.3 is 0 Å². The third-order valence-electron chi connectivity index (χ3n) is 1.98. The van der Waals surface area contributed by atoms with Crippen LogP contribution in [0.15, 0.2) is 0 Å². The molecule has 0 spiro atoms. The Hall–Kier alpha value is 0.0969. The van der Waals surface area contributed by atoms with Crippen molar-refractivity contribution in [3.05, 3.63) is 0 Å². The number of hydrogen-bond acceptors (Lipinski definition) is 3. The number of nitrogens with one attached hydrogen (secondary N) is 1. The van der Waals surface area contributed by atoms with Crippen LogP contribution in [0.4, 0.5) is 0 Å². The van der Waals surface area contributed by atoms with E-state index in [1.165, 1.54) is 6.04 Å². The molecule has 0 rings (SSSR count). The van der Waals surface area contributed by atoms with Crippen molar-refractivity contribution >= 4 is 8.32 Å². The first kappa shape index (κ1) is 14.1. The van der Waals surface area contributed by atoms with Gasteiger partial charge in [-0.15, -0.1) is 0 Å². The highest BCUT2D eigenvalue weighted by molar-refractivity contribution is 6.71. The summed E-state index contributed by atoms with van der Waals surface area (Å²) in [6.45, 7) is 10.6. The number of hydrogen-bond donors (Lipinski definition) is 2. The van der Waals surface area contributed by atoms with E-state index < -0.39 is 8.32 Å². The molecule has 0 heterocycles.